The first kappa shape index (κ1) is 11.8. The second-order valence-electron chi connectivity index (χ2n) is 5.91. The Bertz CT molecular complexity index is 349. The Labute approximate surface area is 100 Å². The number of rotatable bonds is 1. The van der Waals surface area contributed by atoms with Crippen molar-refractivity contribution >= 4 is 22.2 Å². The molecule has 0 unspecified atom stereocenters. The minimum absolute atomic E-state index is 1.27. The third kappa shape index (κ3) is 2.06. The van der Waals surface area contributed by atoms with Crippen molar-refractivity contribution in [3.05, 3.63) is 18.5 Å². The Hall–Kier alpha value is -0.686. The van der Waals surface area contributed by atoms with Crippen molar-refractivity contribution in [2.24, 2.45) is 0 Å². The van der Waals surface area contributed by atoms with E-state index in [1.807, 2.05) is 12.4 Å². The summed E-state index contributed by atoms with van der Waals surface area (Å²) >= 11 is 0. The van der Waals surface area contributed by atoms with E-state index in [9.17, 15) is 0 Å². The smallest absolute Gasteiger partial charge is 0.141 e. The van der Waals surface area contributed by atoms with Gasteiger partial charge in [-0.3, -0.25) is 0 Å². The number of hydrogen-bond donors (Lipinski definition) is 0. The van der Waals surface area contributed by atoms with Crippen LogP contribution in [0.1, 0.15) is 6.42 Å². The van der Waals surface area contributed by atoms with E-state index in [-0.39, 0.29) is 0 Å². The van der Waals surface area contributed by atoms with Crippen molar-refractivity contribution < 1.29 is 0 Å². The number of hydrogen-bond acceptors (Lipinski definition) is 3. The minimum atomic E-state index is -1.27. The van der Waals surface area contributed by atoms with Crippen molar-refractivity contribution in [2.75, 3.05) is 4.23 Å². The molecule has 1 fully saturated rings. The molecule has 0 spiro atoms. The number of anilines is 1. The van der Waals surface area contributed by atoms with Gasteiger partial charge < -0.3 is 4.23 Å². The van der Waals surface area contributed by atoms with Gasteiger partial charge in [0, 0.05) is 5.69 Å². The highest BCUT2D eigenvalue weighted by molar-refractivity contribution is 7.01. The second kappa shape index (κ2) is 3.96. The van der Waals surface area contributed by atoms with Gasteiger partial charge in [-0.2, -0.15) is 10.2 Å². The minimum Gasteiger partial charge on any atom is -0.423 e. The van der Waals surface area contributed by atoms with Crippen LogP contribution in [0.25, 0.3) is 0 Å². The summed E-state index contributed by atoms with van der Waals surface area (Å²) in [5.74, 6) is 0. The fraction of sp³-hybridized carbons (Fsp3) is 0.636. The van der Waals surface area contributed by atoms with Crippen molar-refractivity contribution in [1.29, 1.82) is 0 Å². The summed E-state index contributed by atoms with van der Waals surface area (Å²) in [6, 6.07) is 4.94. The molecule has 0 radical (unpaired) electrons. The van der Waals surface area contributed by atoms with Gasteiger partial charge in [0.2, 0.25) is 0 Å². The van der Waals surface area contributed by atoms with Crippen LogP contribution < -0.4 is 4.23 Å². The van der Waals surface area contributed by atoms with Gasteiger partial charge in [-0.1, -0.05) is 32.6 Å². The fourth-order valence-corrected chi connectivity index (χ4v) is 14.9. The largest absolute Gasteiger partial charge is 0.423 e. The third-order valence-electron chi connectivity index (χ3n) is 3.61. The molecule has 16 heavy (non-hydrogen) atoms. The van der Waals surface area contributed by atoms with Crippen molar-refractivity contribution in [3.63, 3.8) is 0 Å². The molecule has 1 saturated heterocycles. The summed E-state index contributed by atoms with van der Waals surface area (Å²) in [5, 5.41) is 7.93. The maximum absolute atomic E-state index is 4.04. The molecule has 0 aromatic carbocycles. The van der Waals surface area contributed by atoms with Crippen LogP contribution in [0.2, 0.25) is 38.3 Å². The van der Waals surface area contributed by atoms with Gasteiger partial charge in [0.05, 0.1) is 12.4 Å². The molecule has 1 aromatic rings. The fourth-order valence-electron chi connectivity index (χ4n) is 3.11. The van der Waals surface area contributed by atoms with E-state index in [0.29, 0.717) is 0 Å². The van der Waals surface area contributed by atoms with Crippen LogP contribution in [0.5, 0.6) is 0 Å². The predicted molar refractivity (Wildman–Crippen MR) is 73.7 cm³/mol. The molecule has 0 atom stereocenters. The number of aromatic nitrogens is 2. The summed E-state index contributed by atoms with van der Waals surface area (Å²) in [6.45, 7) is 9.95. The van der Waals surface area contributed by atoms with Crippen LogP contribution in [0.4, 0.5) is 5.69 Å². The molecule has 0 N–H and O–H groups in total. The molecule has 0 amide bonds. The van der Waals surface area contributed by atoms with Gasteiger partial charge in [-0.25, -0.2) is 0 Å². The summed E-state index contributed by atoms with van der Waals surface area (Å²) in [4.78, 5) is 0. The highest BCUT2D eigenvalue weighted by atomic mass is 28.4. The molecule has 2 rings (SSSR count). The highest BCUT2D eigenvalue weighted by Crippen LogP contribution is 2.37. The summed E-state index contributed by atoms with van der Waals surface area (Å²) in [5.41, 5.74) is 1.31. The highest BCUT2D eigenvalue weighted by Gasteiger charge is 2.44. The molecule has 1 aliphatic heterocycles. The molecule has 3 nitrogen and oxygen atoms in total. The first-order valence-corrected chi connectivity index (χ1v) is 12.3. The Balaban J connectivity index is 2.41. The summed E-state index contributed by atoms with van der Waals surface area (Å²) in [6.07, 6.45) is 5.18. The first-order chi connectivity index (χ1) is 7.43. The van der Waals surface area contributed by atoms with Gasteiger partial charge in [-0.05, 0) is 18.2 Å². The van der Waals surface area contributed by atoms with Gasteiger partial charge in [0.1, 0.15) is 16.5 Å². The maximum atomic E-state index is 4.04. The zero-order valence-electron chi connectivity index (χ0n) is 10.7. The lowest BCUT2D eigenvalue weighted by molar-refractivity contribution is 0.951. The van der Waals surface area contributed by atoms with Crippen LogP contribution >= 0.6 is 0 Å². The third-order valence-corrected chi connectivity index (χ3v) is 13.3. The second-order valence-corrected chi connectivity index (χ2v) is 15.5. The Kier molecular flexibility index (Phi) is 2.92. The van der Waals surface area contributed by atoms with E-state index in [1.165, 1.54) is 24.2 Å². The normalized spacial score (nSPS) is 23.1. The molecule has 0 saturated carbocycles. The zero-order chi connectivity index (χ0) is 11.8. The van der Waals surface area contributed by atoms with Crippen LogP contribution in [0, 0.1) is 0 Å². The van der Waals surface area contributed by atoms with Crippen LogP contribution in [0.15, 0.2) is 18.5 Å². The van der Waals surface area contributed by atoms with Crippen molar-refractivity contribution in [3.8, 4) is 0 Å². The SMILES string of the molecule is C[Si]1(C)CCC[Si](C)(C)N1c1ccnnc1. The van der Waals surface area contributed by atoms with Crippen LogP contribution in [-0.4, -0.2) is 26.7 Å². The topological polar surface area (TPSA) is 29.0 Å². The van der Waals surface area contributed by atoms with E-state index in [2.05, 4.69) is 46.7 Å². The van der Waals surface area contributed by atoms with E-state index in [1.54, 1.807) is 0 Å². The van der Waals surface area contributed by atoms with Gasteiger partial charge >= 0.3 is 0 Å². The molecule has 88 valence electrons. The maximum Gasteiger partial charge on any atom is 0.141 e. The summed E-state index contributed by atoms with van der Waals surface area (Å²) < 4.78 is 2.78. The van der Waals surface area contributed by atoms with E-state index in [0.717, 1.165) is 0 Å². The number of nitrogens with zero attached hydrogens (tertiary/aromatic N) is 3. The summed E-state index contributed by atoms with van der Waals surface area (Å²) in [7, 11) is -2.54. The lowest BCUT2D eigenvalue weighted by atomic mass is 10.5. The quantitative estimate of drug-likeness (QED) is 0.718. The predicted octanol–water partition coefficient (Wildman–Crippen LogP) is 3.10. The van der Waals surface area contributed by atoms with Crippen LogP contribution in [0.3, 0.4) is 0 Å². The Morgan fingerprint density at radius 2 is 1.69 bits per heavy atom. The monoisotopic (exact) mass is 251 g/mol. The van der Waals surface area contributed by atoms with Crippen molar-refractivity contribution in [1.82, 2.24) is 10.2 Å². The van der Waals surface area contributed by atoms with Gasteiger partial charge in [0.15, 0.2) is 0 Å². The molecule has 0 bridgehead atoms. The van der Waals surface area contributed by atoms with E-state index in [4.69, 9.17) is 0 Å². The standard InChI is InChI=1S/C11H21N3Si2/c1-15(2)8-5-9-16(3,4)14(15)11-6-7-12-13-10-11/h6-7,10H,5,8-9H2,1-4H3. The van der Waals surface area contributed by atoms with E-state index >= 15 is 0 Å². The average Bonchev–Trinajstić information content (AvgIpc) is 2.16. The molecular weight excluding hydrogens is 230 g/mol. The molecule has 0 aliphatic carbocycles. The molecule has 2 heterocycles. The zero-order valence-corrected chi connectivity index (χ0v) is 12.7. The van der Waals surface area contributed by atoms with Gasteiger partial charge in [0.25, 0.3) is 0 Å². The molecule has 1 aliphatic rings. The lowest BCUT2D eigenvalue weighted by Crippen LogP contribution is -2.65. The van der Waals surface area contributed by atoms with E-state index < -0.39 is 16.5 Å². The molecule has 5 heteroatoms. The van der Waals surface area contributed by atoms with Crippen LogP contribution in [-0.2, 0) is 0 Å². The lowest BCUT2D eigenvalue weighted by Gasteiger charge is -2.52. The Morgan fingerprint density at radius 3 is 2.19 bits per heavy atom. The first-order valence-electron chi connectivity index (χ1n) is 6.01. The average molecular weight is 251 g/mol. The molecule has 1 aromatic heterocycles. The van der Waals surface area contributed by atoms with Gasteiger partial charge in [-0.15, -0.1) is 0 Å². The Morgan fingerprint density at radius 1 is 1.06 bits per heavy atom. The van der Waals surface area contributed by atoms with Crippen molar-refractivity contribution in [2.45, 2.75) is 44.7 Å². The molecular formula is C11H21N3Si2.